The van der Waals surface area contributed by atoms with E-state index in [4.69, 9.17) is 5.73 Å². The third-order valence-electron chi connectivity index (χ3n) is 3.12. The number of rotatable bonds is 5. The SMILES string of the molecule is CCCC(O)(CN)Cc1cc(C)ccc1C. The van der Waals surface area contributed by atoms with Crippen LogP contribution >= 0.6 is 0 Å². The zero-order valence-electron chi connectivity index (χ0n) is 10.6. The summed E-state index contributed by atoms with van der Waals surface area (Å²) in [5.41, 5.74) is 8.61. The Labute approximate surface area is 98.5 Å². The zero-order chi connectivity index (χ0) is 12.2. The molecule has 3 N–H and O–H groups in total. The Kier molecular flexibility index (Phi) is 4.51. The highest BCUT2D eigenvalue weighted by Gasteiger charge is 2.24. The van der Waals surface area contributed by atoms with Gasteiger partial charge in [-0.15, -0.1) is 0 Å². The van der Waals surface area contributed by atoms with Crippen molar-refractivity contribution in [2.75, 3.05) is 6.54 Å². The third kappa shape index (κ3) is 3.32. The minimum Gasteiger partial charge on any atom is -0.388 e. The van der Waals surface area contributed by atoms with Crippen molar-refractivity contribution in [3.63, 3.8) is 0 Å². The molecule has 16 heavy (non-hydrogen) atoms. The second-order valence-electron chi connectivity index (χ2n) is 4.79. The Hall–Kier alpha value is -0.860. The van der Waals surface area contributed by atoms with Crippen molar-refractivity contribution in [2.45, 2.75) is 45.6 Å². The van der Waals surface area contributed by atoms with E-state index in [9.17, 15) is 5.11 Å². The quantitative estimate of drug-likeness (QED) is 0.801. The van der Waals surface area contributed by atoms with E-state index in [1.54, 1.807) is 0 Å². The molecule has 0 saturated heterocycles. The zero-order valence-corrected chi connectivity index (χ0v) is 10.6. The lowest BCUT2D eigenvalue weighted by Gasteiger charge is -2.27. The summed E-state index contributed by atoms with van der Waals surface area (Å²) in [4.78, 5) is 0. The maximum absolute atomic E-state index is 10.4. The molecule has 0 heterocycles. The van der Waals surface area contributed by atoms with Crippen LogP contribution in [0.3, 0.4) is 0 Å². The Morgan fingerprint density at radius 2 is 2.00 bits per heavy atom. The number of nitrogens with two attached hydrogens (primary N) is 1. The molecule has 0 radical (unpaired) electrons. The summed E-state index contributed by atoms with van der Waals surface area (Å²) in [6, 6.07) is 6.35. The molecule has 0 aliphatic heterocycles. The molecule has 0 saturated carbocycles. The van der Waals surface area contributed by atoms with Crippen LogP contribution in [0.2, 0.25) is 0 Å². The standard InChI is InChI=1S/C14H23NO/c1-4-7-14(16,10-15)9-13-8-11(2)5-6-12(13)3/h5-6,8,16H,4,7,9-10,15H2,1-3H3. The van der Waals surface area contributed by atoms with Gasteiger partial charge in [0.15, 0.2) is 0 Å². The summed E-state index contributed by atoms with van der Waals surface area (Å²) in [7, 11) is 0. The molecular weight excluding hydrogens is 198 g/mol. The van der Waals surface area contributed by atoms with Gasteiger partial charge in [-0.25, -0.2) is 0 Å². The van der Waals surface area contributed by atoms with Crippen LogP contribution < -0.4 is 5.73 Å². The maximum Gasteiger partial charge on any atom is 0.0809 e. The normalized spacial score (nSPS) is 14.8. The predicted molar refractivity (Wildman–Crippen MR) is 68.5 cm³/mol. The van der Waals surface area contributed by atoms with Crippen molar-refractivity contribution < 1.29 is 5.11 Å². The van der Waals surface area contributed by atoms with Crippen LogP contribution in [0.15, 0.2) is 18.2 Å². The molecular formula is C14H23NO. The van der Waals surface area contributed by atoms with Gasteiger partial charge in [0.05, 0.1) is 5.60 Å². The maximum atomic E-state index is 10.4. The van der Waals surface area contributed by atoms with Crippen LogP contribution in [0.25, 0.3) is 0 Å². The fourth-order valence-electron chi connectivity index (χ4n) is 2.07. The molecule has 0 bridgehead atoms. The monoisotopic (exact) mass is 221 g/mol. The molecule has 2 nitrogen and oxygen atoms in total. The molecule has 0 aliphatic carbocycles. The van der Waals surface area contributed by atoms with Gasteiger partial charge in [-0.3, -0.25) is 0 Å². The second kappa shape index (κ2) is 5.46. The van der Waals surface area contributed by atoms with Gasteiger partial charge in [0.2, 0.25) is 0 Å². The van der Waals surface area contributed by atoms with Crippen molar-refractivity contribution in [3.8, 4) is 0 Å². The minimum absolute atomic E-state index is 0.328. The predicted octanol–water partition coefficient (Wildman–Crippen LogP) is 2.34. The average molecular weight is 221 g/mol. The smallest absolute Gasteiger partial charge is 0.0809 e. The number of hydrogen-bond donors (Lipinski definition) is 2. The molecule has 2 heteroatoms. The van der Waals surface area contributed by atoms with Crippen molar-refractivity contribution in [1.29, 1.82) is 0 Å². The van der Waals surface area contributed by atoms with Gasteiger partial charge in [-0.05, 0) is 31.4 Å². The fourth-order valence-corrected chi connectivity index (χ4v) is 2.07. The molecule has 1 unspecified atom stereocenters. The van der Waals surface area contributed by atoms with E-state index >= 15 is 0 Å². The molecule has 1 aromatic rings. The highest BCUT2D eigenvalue weighted by molar-refractivity contribution is 5.31. The fraction of sp³-hybridized carbons (Fsp3) is 0.571. The van der Waals surface area contributed by atoms with E-state index in [0.717, 1.165) is 12.8 Å². The van der Waals surface area contributed by atoms with Crippen LogP contribution in [0, 0.1) is 13.8 Å². The summed E-state index contributed by atoms with van der Waals surface area (Å²) in [5, 5.41) is 10.4. The summed E-state index contributed by atoms with van der Waals surface area (Å²) in [5.74, 6) is 0. The van der Waals surface area contributed by atoms with Gasteiger partial charge in [0, 0.05) is 13.0 Å². The van der Waals surface area contributed by atoms with Gasteiger partial charge < -0.3 is 10.8 Å². The largest absolute Gasteiger partial charge is 0.388 e. The highest BCUT2D eigenvalue weighted by atomic mass is 16.3. The lowest BCUT2D eigenvalue weighted by atomic mass is 9.88. The van der Waals surface area contributed by atoms with Crippen LogP contribution in [-0.2, 0) is 6.42 Å². The highest BCUT2D eigenvalue weighted by Crippen LogP contribution is 2.21. The van der Waals surface area contributed by atoms with Gasteiger partial charge in [0.1, 0.15) is 0 Å². The molecule has 0 amide bonds. The number of hydrogen-bond acceptors (Lipinski definition) is 2. The minimum atomic E-state index is -0.743. The topological polar surface area (TPSA) is 46.2 Å². The molecule has 0 aliphatic rings. The van der Waals surface area contributed by atoms with Gasteiger partial charge in [0.25, 0.3) is 0 Å². The van der Waals surface area contributed by atoms with E-state index in [1.807, 2.05) is 0 Å². The third-order valence-corrected chi connectivity index (χ3v) is 3.12. The van der Waals surface area contributed by atoms with Crippen LogP contribution in [0.4, 0.5) is 0 Å². The molecule has 1 atom stereocenters. The number of benzene rings is 1. The van der Waals surface area contributed by atoms with E-state index in [-0.39, 0.29) is 0 Å². The molecule has 1 aromatic carbocycles. The Morgan fingerprint density at radius 3 is 2.56 bits per heavy atom. The van der Waals surface area contributed by atoms with E-state index in [1.165, 1.54) is 16.7 Å². The molecule has 0 spiro atoms. The first-order valence-corrected chi connectivity index (χ1v) is 5.99. The molecule has 90 valence electrons. The number of aliphatic hydroxyl groups is 1. The van der Waals surface area contributed by atoms with E-state index < -0.39 is 5.60 Å². The first-order valence-electron chi connectivity index (χ1n) is 5.99. The lowest BCUT2D eigenvalue weighted by molar-refractivity contribution is 0.0397. The molecule has 0 fully saturated rings. The second-order valence-corrected chi connectivity index (χ2v) is 4.79. The van der Waals surface area contributed by atoms with Crippen LogP contribution in [-0.4, -0.2) is 17.3 Å². The van der Waals surface area contributed by atoms with E-state index in [2.05, 4.69) is 39.0 Å². The average Bonchev–Trinajstić information content (AvgIpc) is 2.24. The van der Waals surface area contributed by atoms with Gasteiger partial charge in [-0.1, -0.05) is 37.1 Å². The van der Waals surface area contributed by atoms with Crippen LogP contribution in [0.1, 0.15) is 36.5 Å². The summed E-state index contributed by atoms with van der Waals surface area (Å²) in [6.45, 7) is 6.56. The molecule has 0 aromatic heterocycles. The van der Waals surface area contributed by atoms with Crippen molar-refractivity contribution in [1.82, 2.24) is 0 Å². The van der Waals surface area contributed by atoms with Gasteiger partial charge >= 0.3 is 0 Å². The van der Waals surface area contributed by atoms with Crippen molar-refractivity contribution >= 4 is 0 Å². The van der Waals surface area contributed by atoms with E-state index in [0.29, 0.717) is 13.0 Å². The molecule has 1 rings (SSSR count). The van der Waals surface area contributed by atoms with Crippen molar-refractivity contribution in [2.24, 2.45) is 5.73 Å². The first-order chi connectivity index (χ1) is 7.50. The summed E-state index contributed by atoms with van der Waals surface area (Å²) < 4.78 is 0. The summed E-state index contributed by atoms with van der Waals surface area (Å²) >= 11 is 0. The number of aryl methyl sites for hydroxylation is 2. The summed E-state index contributed by atoms with van der Waals surface area (Å²) in [6.07, 6.45) is 2.38. The first kappa shape index (κ1) is 13.2. The Bertz CT molecular complexity index is 349. The Morgan fingerprint density at radius 1 is 1.31 bits per heavy atom. The Balaban J connectivity index is 2.89. The van der Waals surface area contributed by atoms with Crippen molar-refractivity contribution in [3.05, 3.63) is 34.9 Å². The lowest BCUT2D eigenvalue weighted by Crippen LogP contribution is -2.40. The van der Waals surface area contributed by atoms with Gasteiger partial charge in [-0.2, -0.15) is 0 Å². The van der Waals surface area contributed by atoms with Crippen LogP contribution in [0.5, 0.6) is 0 Å².